The molecule has 0 aliphatic carbocycles. The van der Waals surface area contributed by atoms with E-state index in [1.54, 1.807) is 23.5 Å². The minimum atomic E-state index is -3.72. The average Bonchev–Trinajstić information content (AvgIpc) is 3.19. The van der Waals surface area contributed by atoms with Gasteiger partial charge in [-0.2, -0.15) is 0 Å². The van der Waals surface area contributed by atoms with Gasteiger partial charge < -0.3 is 20.1 Å². The lowest BCUT2D eigenvalue weighted by Crippen LogP contribution is -2.42. The number of nitrogens with zero attached hydrogens (tertiary/aromatic N) is 1. The highest BCUT2D eigenvalue weighted by molar-refractivity contribution is 7.89. The van der Waals surface area contributed by atoms with Crippen molar-refractivity contribution in [2.75, 3.05) is 38.7 Å². The molecule has 4 rings (SSSR count). The van der Waals surface area contributed by atoms with E-state index in [4.69, 9.17) is 14.5 Å². The molecule has 2 aliphatic rings. The third-order valence-corrected chi connectivity index (χ3v) is 9.18. The highest BCUT2D eigenvalue weighted by Crippen LogP contribution is 2.37. The van der Waals surface area contributed by atoms with Gasteiger partial charge in [-0.05, 0) is 82.3 Å². The molecule has 182 valence electrons. The molecule has 1 atom stereocenters. The number of methoxy groups -OCH3 is 1. The van der Waals surface area contributed by atoms with Gasteiger partial charge in [-0.15, -0.1) is 0 Å². The van der Waals surface area contributed by atoms with E-state index in [0.29, 0.717) is 17.7 Å². The molecule has 10 heteroatoms. The largest absolute Gasteiger partial charge is 0.495 e. The van der Waals surface area contributed by atoms with Crippen molar-refractivity contribution in [2.45, 2.75) is 56.5 Å². The van der Waals surface area contributed by atoms with Gasteiger partial charge in [-0.1, -0.05) is 11.3 Å². The summed E-state index contributed by atoms with van der Waals surface area (Å²) in [5, 5.41) is 7.67. The Labute approximate surface area is 200 Å². The van der Waals surface area contributed by atoms with Crippen LogP contribution in [0.25, 0.3) is 10.4 Å². The normalized spacial score (nSPS) is 19.4. The highest BCUT2D eigenvalue weighted by Gasteiger charge is 2.26. The van der Waals surface area contributed by atoms with Crippen molar-refractivity contribution >= 4 is 26.5 Å². The molecule has 2 aromatic rings. The first kappa shape index (κ1) is 24.4. The molecule has 8 nitrogen and oxygen atoms in total. The number of rotatable bonds is 8. The molecule has 1 unspecified atom stereocenters. The first-order valence-corrected chi connectivity index (χ1v) is 13.9. The van der Waals surface area contributed by atoms with E-state index < -0.39 is 10.0 Å². The zero-order chi connectivity index (χ0) is 23.4. The lowest BCUT2D eigenvalue weighted by Gasteiger charge is -2.28. The van der Waals surface area contributed by atoms with E-state index >= 15 is 0 Å². The summed E-state index contributed by atoms with van der Waals surface area (Å²) in [7, 11) is -2.22. The molecule has 33 heavy (non-hydrogen) atoms. The summed E-state index contributed by atoms with van der Waals surface area (Å²) < 4.78 is 40.2. The summed E-state index contributed by atoms with van der Waals surface area (Å²) in [6, 6.07) is 5.55. The maximum Gasteiger partial charge on any atom is 0.244 e. The molecule has 3 heterocycles. The van der Waals surface area contributed by atoms with Gasteiger partial charge in [0, 0.05) is 25.3 Å². The molecule has 0 saturated carbocycles. The Morgan fingerprint density at radius 3 is 2.64 bits per heavy atom. The lowest BCUT2D eigenvalue weighted by molar-refractivity contribution is 0.0622. The molecule has 3 N–H and O–H groups in total. The highest BCUT2D eigenvalue weighted by atomic mass is 32.2. The third kappa shape index (κ3) is 5.86. The van der Waals surface area contributed by atoms with Crippen LogP contribution in [-0.2, 0) is 14.8 Å². The van der Waals surface area contributed by atoms with Crippen molar-refractivity contribution in [3.63, 3.8) is 0 Å². The van der Waals surface area contributed by atoms with Gasteiger partial charge in [0.05, 0.1) is 17.7 Å². The zero-order valence-electron chi connectivity index (χ0n) is 19.5. The molecule has 2 saturated heterocycles. The van der Waals surface area contributed by atoms with Crippen LogP contribution in [0.3, 0.4) is 0 Å². The summed E-state index contributed by atoms with van der Waals surface area (Å²) >= 11 is 1.56. The fourth-order valence-electron chi connectivity index (χ4n) is 4.51. The Kier molecular flexibility index (Phi) is 7.91. The van der Waals surface area contributed by atoms with Gasteiger partial charge in [0.15, 0.2) is 5.13 Å². The average molecular weight is 495 g/mol. The maximum absolute atomic E-state index is 13.2. The monoisotopic (exact) mass is 494 g/mol. The number of ether oxygens (including phenoxy) is 2. The maximum atomic E-state index is 13.2. The van der Waals surface area contributed by atoms with Gasteiger partial charge in [-0.25, -0.2) is 18.1 Å². The summed E-state index contributed by atoms with van der Waals surface area (Å²) in [6.45, 7) is 7.40. The Bertz CT molecular complexity index is 1040. The van der Waals surface area contributed by atoms with Crippen LogP contribution in [0.2, 0.25) is 0 Å². The van der Waals surface area contributed by atoms with Gasteiger partial charge >= 0.3 is 0 Å². The van der Waals surface area contributed by atoms with Crippen LogP contribution < -0.4 is 20.1 Å². The molecule has 0 radical (unpaired) electrons. The number of aromatic nitrogens is 1. The molecule has 1 aromatic carbocycles. The summed E-state index contributed by atoms with van der Waals surface area (Å²) in [4.78, 5) is 5.84. The Balaban J connectivity index is 1.56. The third-order valence-electron chi connectivity index (χ3n) is 6.50. The summed E-state index contributed by atoms with van der Waals surface area (Å²) in [5.74, 6) is 0.902. The number of anilines is 1. The van der Waals surface area contributed by atoms with Gasteiger partial charge in [-0.3, -0.25) is 0 Å². The van der Waals surface area contributed by atoms with E-state index in [1.807, 2.05) is 13.0 Å². The number of hydrogen-bond acceptors (Lipinski definition) is 8. The van der Waals surface area contributed by atoms with Crippen LogP contribution >= 0.6 is 11.3 Å². The molecule has 1 aromatic heterocycles. The quantitative estimate of drug-likeness (QED) is 0.517. The van der Waals surface area contributed by atoms with Crippen molar-refractivity contribution < 1.29 is 17.9 Å². The van der Waals surface area contributed by atoms with E-state index in [1.165, 1.54) is 7.11 Å². The fourth-order valence-corrected chi connectivity index (χ4v) is 7.06. The molecule has 0 amide bonds. The molecule has 0 spiro atoms. The number of piperidine rings is 1. The van der Waals surface area contributed by atoms with Crippen molar-refractivity contribution in [1.82, 2.24) is 15.0 Å². The van der Waals surface area contributed by atoms with Crippen molar-refractivity contribution in [3.05, 3.63) is 23.9 Å². The molecule has 2 aliphatic heterocycles. The van der Waals surface area contributed by atoms with Gasteiger partial charge in [0.1, 0.15) is 10.6 Å². The second kappa shape index (κ2) is 10.7. The lowest BCUT2D eigenvalue weighted by atomic mass is 9.93. The first-order valence-electron chi connectivity index (χ1n) is 11.6. The predicted molar refractivity (Wildman–Crippen MR) is 132 cm³/mol. The molecule has 2 fully saturated rings. The minimum Gasteiger partial charge on any atom is -0.495 e. The first-order chi connectivity index (χ1) is 15.9. The van der Waals surface area contributed by atoms with Crippen LogP contribution in [0.1, 0.15) is 38.3 Å². The Morgan fingerprint density at radius 2 is 1.94 bits per heavy atom. The number of nitrogens with one attached hydrogen (secondary N) is 3. The molecular weight excluding hydrogens is 460 g/mol. The van der Waals surface area contributed by atoms with Crippen molar-refractivity contribution in [3.8, 4) is 16.2 Å². The number of thiazole rings is 1. The Morgan fingerprint density at radius 1 is 1.21 bits per heavy atom. The standard InChI is InChI=1S/C23H34N4O4S2/c1-15(17-8-12-31-13-9-17)25-23-26-16(2)22(32-23)18-4-5-20(30-3)21(14-18)33(28,29)27-19-6-10-24-11-7-19/h4-5,14-15,17,19,24,27H,6-13H2,1-3H3,(H,25,26). The number of sulfonamides is 1. The summed E-state index contributed by atoms with van der Waals surface area (Å²) in [6.07, 6.45) is 3.65. The van der Waals surface area contributed by atoms with Crippen LogP contribution in [0.5, 0.6) is 5.75 Å². The van der Waals surface area contributed by atoms with Gasteiger partial charge in [0.25, 0.3) is 0 Å². The number of benzene rings is 1. The zero-order valence-corrected chi connectivity index (χ0v) is 21.2. The predicted octanol–water partition coefficient (Wildman–Crippen LogP) is 3.38. The molecular formula is C23H34N4O4S2. The number of aryl methyl sites for hydroxylation is 1. The van der Waals surface area contributed by atoms with Crippen LogP contribution in [0.4, 0.5) is 5.13 Å². The van der Waals surface area contributed by atoms with E-state index in [2.05, 4.69) is 22.3 Å². The Hall–Kier alpha value is -1.72. The van der Waals surface area contributed by atoms with E-state index in [-0.39, 0.29) is 10.9 Å². The number of hydrogen-bond donors (Lipinski definition) is 3. The van der Waals surface area contributed by atoms with Crippen LogP contribution in [-0.4, -0.2) is 58.9 Å². The second-order valence-corrected chi connectivity index (χ2v) is 11.5. The summed E-state index contributed by atoms with van der Waals surface area (Å²) in [5.41, 5.74) is 1.70. The van der Waals surface area contributed by atoms with Crippen LogP contribution in [0, 0.1) is 12.8 Å². The fraction of sp³-hybridized carbons (Fsp3) is 0.609. The van der Waals surface area contributed by atoms with Crippen molar-refractivity contribution in [1.29, 1.82) is 0 Å². The SMILES string of the molecule is COc1ccc(-c2sc(NC(C)C3CCOCC3)nc2C)cc1S(=O)(=O)NC1CCNCC1. The van der Waals surface area contributed by atoms with E-state index in [9.17, 15) is 8.42 Å². The second-order valence-electron chi connectivity index (χ2n) is 8.83. The minimum absolute atomic E-state index is 0.0720. The smallest absolute Gasteiger partial charge is 0.244 e. The van der Waals surface area contributed by atoms with Crippen LogP contribution in [0.15, 0.2) is 23.1 Å². The van der Waals surface area contributed by atoms with Gasteiger partial charge in [0.2, 0.25) is 10.0 Å². The topological polar surface area (TPSA) is 102 Å². The van der Waals surface area contributed by atoms with Crippen molar-refractivity contribution in [2.24, 2.45) is 5.92 Å². The van der Waals surface area contributed by atoms with E-state index in [0.717, 1.165) is 73.3 Å². The molecule has 0 bridgehead atoms.